The second kappa shape index (κ2) is 7.74. The SMILES string of the molecule is Cc1ccc(NC(=O)c2ccc3ncc4c(=O)n(-c5ccc(C)c(C)c5)[nH]c4c3c2)cc1C. The van der Waals surface area contributed by atoms with Gasteiger partial charge in [0.2, 0.25) is 0 Å². The average molecular weight is 437 g/mol. The van der Waals surface area contributed by atoms with Crippen LogP contribution in [0.4, 0.5) is 5.69 Å². The van der Waals surface area contributed by atoms with Crippen molar-refractivity contribution < 1.29 is 4.79 Å². The Hall–Kier alpha value is -4.19. The molecule has 0 aliphatic rings. The van der Waals surface area contributed by atoms with Crippen LogP contribution in [0.15, 0.2) is 65.6 Å². The summed E-state index contributed by atoms with van der Waals surface area (Å²) in [6.45, 7) is 8.10. The van der Waals surface area contributed by atoms with Gasteiger partial charge in [-0.1, -0.05) is 12.1 Å². The monoisotopic (exact) mass is 436 g/mol. The molecule has 5 rings (SSSR count). The van der Waals surface area contributed by atoms with Crippen LogP contribution >= 0.6 is 0 Å². The molecule has 0 saturated heterocycles. The molecule has 33 heavy (non-hydrogen) atoms. The molecule has 164 valence electrons. The number of hydrogen-bond acceptors (Lipinski definition) is 3. The number of pyridine rings is 1. The van der Waals surface area contributed by atoms with Crippen molar-refractivity contribution in [1.29, 1.82) is 0 Å². The molecule has 0 saturated carbocycles. The van der Waals surface area contributed by atoms with Crippen LogP contribution in [-0.2, 0) is 0 Å². The van der Waals surface area contributed by atoms with Crippen LogP contribution in [0.25, 0.3) is 27.5 Å². The highest BCUT2D eigenvalue weighted by Gasteiger charge is 2.15. The number of nitrogens with one attached hydrogen (secondary N) is 2. The number of carbonyl (C=O) groups is 1. The lowest BCUT2D eigenvalue weighted by molar-refractivity contribution is 0.102. The fraction of sp³-hybridized carbons (Fsp3) is 0.148. The number of hydrogen-bond donors (Lipinski definition) is 2. The van der Waals surface area contributed by atoms with Gasteiger partial charge in [0.15, 0.2) is 0 Å². The highest BCUT2D eigenvalue weighted by atomic mass is 16.1. The van der Waals surface area contributed by atoms with Gasteiger partial charge in [0.25, 0.3) is 11.5 Å². The Labute approximate surface area is 190 Å². The third-order valence-electron chi connectivity index (χ3n) is 6.30. The van der Waals surface area contributed by atoms with E-state index in [1.165, 1.54) is 10.2 Å². The molecule has 1 amide bonds. The standard InChI is InChI=1S/C27H24N4O2/c1-15-5-8-20(11-17(15)3)29-26(32)19-7-10-24-22(13-19)25-23(14-28-24)27(33)31(30-25)21-9-6-16(2)18(4)12-21/h5-14,30H,1-4H3,(H,29,32). The molecule has 6 heteroatoms. The van der Waals surface area contributed by atoms with Gasteiger partial charge in [0.1, 0.15) is 0 Å². The molecule has 5 aromatic rings. The van der Waals surface area contributed by atoms with E-state index in [-0.39, 0.29) is 11.5 Å². The van der Waals surface area contributed by atoms with Crippen molar-refractivity contribution in [3.05, 3.63) is 99.0 Å². The number of rotatable bonds is 3. The van der Waals surface area contributed by atoms with Crippen molar-refractivity contribution in [1.82, 2.24) is 14.8 Å². The summed E-state index contributed by atoms with van der Waals surface area (Å²) in [6, 6.07) is 17.0. The molecule has 0 atom stereocenters. The number of anilines is 1. The van der Waals surface area contributed by atoms with Gasteiger partial charge in [-0.2, -0.15) is 0 Å². The van der Waals surface area contributed by atoms with Crippen molar-refractivity contribution in [2.24, 2.45) is 0 Å². The zero-order chi connectivity index (χ0) is 23.3. The van der Waals surface area contributed by atoms with Gasteiger partial charge in [0, 0.05) is 22.8 Å². The van der Waals surface area contributed by atoms with Crippen molar-refractivity contribution in [2.75, 3.05) is 5.32 Å². The molecular formula is C27H24N4O2. The van der Waals surface area contributed by atoms with Gasteiger partial charge in [-0.05, 0) is 92.4 Å². The van der Waals surface area contributed by atoms with Crippen LogP contribution in [0.2, 0.25) is 0 Å². The number of nitrogens with zero attached hydrogens (tertiary/aromatic N) is 2. The second-order valence-electron chi connectivity index (χ2n) is 8.55. The maximum atomic E-state index is 13.1. The van der Waals surface area contributed by atoms with Crippen LogP contribution in [0.5, 0.6) is 0 Å². The summed E-state index contributed by atoms with van der Waals surface area (Å²) in [5.41, 5.74) is 7.74. The summed E-state index contributed by atoms with van der Waals surface area (Å²) >= 11 is 0. The molecule has 3 aromatic carbocycles. The van der Waals surface area contributed by atoms with Crippen LogP contribution in [0, 0.1) is 27.7 Å². The number of benzene rings is 3. The number of aryl methyl sites for hydroxylation is 4. The first-order valence-electron chi connectivity index (χ1n) is 10.8. The summed E-state index contributed by atoms with van der Waals surface area (Å²) in [5, 5.41) is 7.39. The second-order valence-corrected chi connectivity index (χ2v) is 8.55. The molecule has 2 N–H and O–H groups in total. The van der Waals surface area contributed by atoms with Crippen molar-refractivity contribution >= 4 is 33.4 Å². The molecule has 2 heterocycles. The third-order valence-corrected chi connectivity index (χ3v) is 6.30. The number of aromatic nitrogens is 3. The Balaban J connectivity index is 1.59. The topological polar surface area (TPSA) is 79.8 Å². The summed E-state index contributed by atoms with van der Waals surface area (Å²) in [4.78, 5) is 30.5. The summed E-state index contributed by atoms with van der Waals surface area (Å²) in [5.74, 6) is -0.215. The average Bonchev–Trinajstić information content (AvgIpc) is 3.14. The lowest BCUT2D eigenvalue weighted by Gasteiger charge is -2.08. The fourth-order valence-corrected chi connectivity index (χ4v) is 3.97. The molecule has 0 spiro atoms. The highest BCUT2D eigenvalue weighted by molar-refractivity contribution is 6.10. The molecule has 6 nitrogen and oxygen atoms in total. The van der Waals surface area contributed by atoms with E-state index in [9.17, 15) is 9.59 Å². The normalized spacial score (nSPS) is 11.3. The van der Waals surface area contributed by atoms with E-state index in [2.05, 4.69) is 15.4 Å². The van der Waals surface area contributed by atoms with Crippen LogP contribution < -0.4 is 10.9 Å². The van der Waals surface area contributed by atoms with Gasteiger partial charge in [0.05, 0.1) is 22.1 Å². The minimum atomic E-state index is -0.215. The van der Waals surface area contributed by atoms with Crippen LogP contribution in [0.3, 0.4) is 0 Å². The van der Waals surface area contributed by atoms with Gasteiger partial charge in [-0.3, -0.25) is 19.7 Å². The van der Waals surface area contributed by atoms with Crippen LogP contribution in [-0.4, -0.2) is 20.7 Å². The van der Waals surface area contributed by atoms with Crippen molar-refractivity contribution in [3.8, 4) is 5.69 Å². The molecular weight excluding hydrogens is 412 g/mol. The minimum absolute atomic E-state index is 0.173. The van der Waals surface area contributed by atoms with Gasteiger partial charge < -0.3 is 5.32 Å². The number of H-pyrrole nitrogens is 1. The Kier molecular flexibility index (Phi) is 4.86. The van der Waals surface area contributed by atoms with Gasteiger partial charge in [-0.15, -0.1) is 0 Å². The maximum Gasteiger partial charge on any atom is 0.280 e. The summed E-state index contributed by atoms with van der Waals surface area (Å²) in [7, 11) is 0. The predicted molar refractivity (Wildman–Crippen MR) is 133 cm³/mol. The Morgan fingerprint density at radius 3 is 2.30 bits per heavy atom. The van der Waals surface area contributed by atoms with E-state index in [0.717, 1.165) is 33.5 Å². The summed E-state index contributed by atoms with van der Waals surface area (Å²) in [6.07, 6.45) is 1.59. The Morgan fingerprint density at radius 2 is 1.58 bits per heavy atom. The smallest absolute Gasteiger partial charge is 0.280 e. The number of amides is 1. The first kappa shape index (κ1) is 20.7. The molecule has 0 aliphatic heterocycles. The number of aromatic amines is 1. The van der Waals surface area contributed by atoms with E-state index in [0.29, 0.717) is 22.0 Å². The largest absolute Gasteiger partial charge is 0.322 e. The first-order chi connectivity index (χ1) is 15.8. The van der Waals surface area contributed by atoms with Crippen molar-refractivity contribution in [2.45, 2.75) is 27.7 Å². The number of fused-ring (bicyclic) bond motifs is 3. The Morgan fingerprint density at radius 1 is 0.848 bits per heavy atom. The summed E-state index contributed by atoms with van der Waals surface area (Å²) < 4.78 is 1.53. The van der Waals surface area contributed by atoms with E-state index < -0.39 is 0 Å². The van der Waals surface area contributed by atoms with E-state index >= 15 is 0 Å². The van der Waals surface area contributed by atoms with E-state index in [1.807, 2.05) is 64.1 Å². The number of carbonyl (C=O) groups excluding carboxylic acids is 1. The predicted octanol–water partition coefficient (Wildman–Crippen LogP) is 5.35. The zero-order valence-corrected chi connectivity index (χ0v) is 19.0. The van der Waals surface area contributed by atoms with Gasteiger partial charge >= 0.3 is 0 Å². The molecule has 2 aromatic heterocycles. The lowest BCUT2D eigenvalue weighted by atomic mass is 10.1. The molecule has 0 unspecified atom stereocenters. The van der Waals surface area contributed by atoms with E-state index in [1.54, 1.807) is 24.4 Å². The third kappa shape index (κ3) is 3.59. The Bertz CT molecular complexity index is 1630. The molecule has 0 aliphatic carbocycles. The first-order valence-corrected chi connectivity index (χ1v) is 10.8. The highest BCUT2D eigenvalue weighted by Crippen LogP contribution is 2.24. The minimum Gasteiger partial charge on any atom is -0.322 e. The van der Waals surface area contributed by atoms with Crippen molar-refractivity contribution in [3.63, 3.8) is 0 Å². The zero-order valence-electron chi connectivity index (χ0n) is 19.0. The fourth-order valence-electron chi connectivity index (χ4n) is 3.97. The lowest BCUT2D eigenvalue weighted by Crippen LogP contribution is -2.14. The van der Waals surface area contributed by atoms with Crippen LogP contribution in [0.1, 0.15) is 32.6 Å². The quantitative estimate of drug-likeness (QED) is 0.400. The molecule has 0 bridgehead atoms. The molecule has 0 fully saturated rings. The van der Waals surface area contributed by atoms with E-state index in [4.69, 9.17) is 0 Å². The van der Waals surface area contributed by atoms with Gasteiger partial charge in [-0.25, -0.2) is 4.68 Å². The molecule has 0 radical (unpaired) electrons. The maximum absolute atomic E-state index is 13.1.